The lowest BCUT2D eigenvalue weighted by atomic mass is 10.00. The second kappa shape index (κ2) is 8.35. The predicted octanol–water partition coefficient (Wildman–Crippen LogP) is 4.64. The molecule has 1 aliphatic heterocycles. The van der Waals surface area contributed by atoms with E-state index >= 15 is 0 Å². The Bertz CT molecular complexity index is 976. The standard InChI is InChI=1S/C22H26INO4S/c1-15(2)28-21(25)22(4)14-19(23)20(17-8-6-5-7-9-17)24(22)29(26,27)18-12-10-16(3)11-13-18/h5-13,15,19-20H,14H2,1-4H3/t19-,20+,22+/m0/s1. The van der Waals surface area contributed by atoms with Crippen molar-refractivity contribution in [3.63, 3.8) is 0 Å². The number of sulfonamides is 1. The zero-order valence-electron chi connectivity index (χ0n) is 17.0. The first-order valence-electron chi connectivity index (χ1n) is 9.58. The van der Waals surface area contributed by atoms with Crippen LogP contribution in [0.2, 0.25) is 0 Å². The molecule has 0 spiro atoms. The molecule has 0 aliphatic carbocycles. The average Bonchev–Trinajstić information content (AvgIpc) is 2.94. The number of nitrogens with zero attached hydrogens (tertiary/aromatic N) is 1. The van der Waals surface area contributed by atoms with Gasteiger partial charge in [0.15, 0.2) is 0 Å². The number of hydrogen-bond donors (Lipinski definition) is 0. The fourth-order valence-electron chi connectivity index (χ4n) is 3.78. The summed E-state index contributed by atoms with van der Waals surface area (Å²) in [5.41, 5.74) is 0.544. The van der Waals surface area contributed by atoms with Crippen molar-refractivity contribution >= 4 is 38.6 Å². The minimum absolute atomic E-state index is 0.0834. The third-order valence-corrected chi connectivity index (χ3v) is 8.31. The third kappa shape index (κ3) is 4.22. The fraction of sp³-hybridized carbons (Fsp3) is 0.409. The number of carbonyl (C=O) groups excluding carboxylic acids is 1. The van der Waals surface area contributed by atoms with E-state index in [1.807, 2.05) is 37.3 Å². The maximum Gasteiger partial charge on any atom is 0.327 e. The molecular formula is C22H26INO4S. The largest absolute Gasteiger partial charge is 0.462 e. The van der Waals surface area contributed by atoms with Crippen LogP contribution < -0.4 is 0 Å². The summed E-state index contributed by atoms with van der Waals surface area (Å²) in [6.45, 7) is 7.12. The molecule has 0 unspecified atom stereocenters. The molecule has 156 valence electrons. The predicted molar refractivity (Wildman–Crippen MR) is 121 cm³/mol. The van der Waals surface area contributed by atoms with Crippen LogP contribution in [0.1, 0.15) is 44.4 Å². The molecule has 0 bridgehead atoms. The molecular weight excluding hydrogens is 501 g/mol. The molecule has 3 atom stereocenters. The quantitative estimate of drug-likeness (QED) is 0.323. The zero-order chi connectivity index (χ0) is 21.4. The zero-order valence-corrected chi connectivity index (χ0v) is 20.0. The van der Waals surface area contributed by atoms with Gasteiger partial charge in [-0.25, -0.2) is 8.42 Å². The van der Waals surface area contributed by atoms with Crippen LogP contribution >= 0.6 is 22.6 Å². The van der Waals surface area contributed by atoms with E-state index in [9.17, 15) is 13.2 Å². The summed E-state index contributed by atoms with van der Waals surface area (Å²) < 4.78 is 34.4. The van der Waals surface area contributed by atoms with Gasteiger partial charge in [0.25, 0.3) is 0 Å². The highest BCUT2D eigenvalue weighted by atomic mass is 127. The lowest BCUT2D eigenvalue weighted by Gasteiger charge is -2.36. The second-order valence-electron chi connectivity index (χ2n) is 7.92. The normalized spacial score (nSPS) is 25.3. The molecule has 1 saturated heterocycles. The molecule has 1 heterocycles. The minimum atomic E-state index is -3.95. The number of alkyl halides is 1. The molecule has 3 rings (SSSR count). The number of esters is 1. The SMILES string of the molecule is Cc1ccc(S(=O)(=O)N2[C@H](c3ccccc3)[C@@H](I)C[C@]2(C)C(=O)OC(C)C)cc1. The number of hydrogen-bond acceptors (Lipinski definition) is 4. The molecule has 0 aromatic heterocycles. The van der Waals surface area contributed by atoms with Crippen molar-refractivity contribution in [2.45, 2.75) is 60.6 Å². The van der Waals surface area contributed by atoms with Crippen molar-refractivity contribution in [2.75, 3.05) is 0 Å². The number of rotatable bonds is 5. The Balaban J connectivity index is 2.18. The van der Waals surface area contributed by atoms with Gasteiger partial charge in [-0.3, -0.25) is 4.79 Å². The topological polar surface area (TPSA) is 63.7 Å². The molecule has 1 fully saturated rings. The van der Waals surface area contributed by atoms with Crippen LogP contribution in [0.25, 0.3) is 0 Å². The number of halogens is 1. The van der Waals surface area contributed by atoms with Gasteiger partial charge >= 0.3 is 5.97 Å². The Morgan fingerprint density at radius 1 is 1.14 bits per heavy atom. The highest BCUT2D eigenvalue weighted by Crippen LogP contribution is 2.50. The van der Waals surface area contributed by atoms with Crippen molar-refractivity contribution < 1.29 is 17.9 Å². The minimum Gasteiger partial charge on any atom is -0.462 e. The van der Waals surface area contributed by atoms with Crippen molar-refractivity contribution in [2.24, 2.45) is 0 Å². The van der Waals surface area contributed by atoms with Gasteiger partial charge in [0.1, 0.15) is 5.54 Å². The van der Waals surface area contributed by atoms with E-state index in [1.165, 1.54) is 4.31 Å². The van der Waals surface area contributed by atoms with Crippen molar-refractivity contribution in [3.8, 4) is 0 Å². The summed E-state index contributed by atoms with van der Waals surface area (Å²) in [4.78, 5) is 13.3. The van der Waals surface area contributed by atoms with Crippen LogP contribution in [-0.2, 0) is 19.6 Å². The first-order valence-corrected chi connectivity index (χ1v) is 12.3. The highest BCUT2D eigenvalue weighted by molar-refractivity contribution is 14.1. The Labute approximate surface area is 186 Å². The van der Waals surface area contributed by atoms with E-state index in [-0.39, 0.29) is 14.9 Å². The number of ether oxygens (including phenoxy) is 1. The monoisotopic (exact) mass is 527 g/mol. The molecule has 0 N–H and O–H groups in total. The maximum absolute atomic E-state index is 13.8. The Morgan fingerprint density at radius 2 is 1.72 bits per heavy atom. The number of benzene rings is 2. The van der Waals surface area contributed by atoms with Crippen molar-refractivity contribution in [1.29, 1.82) is 0 Å². The molecule has 5 nitrogen and oxygen atoms in total. The highest BCUT2D eigenvalue weighted by Gasteiger charge is 2.59. The van der Waals surface area contributed by atoms with E-state index in [4.69, 9.17) is 4.74 Å². The van der Waals surface area contributed by atoms with Crippen LogP contribution in [0.3, 0.4) is 0 Å². The molecule has 0 saturated carbocycles. The lowest BCUT2D eigenvalue weighted by molar-refractivity contribution is -0.157. The van der Waals surface area contributed by atoms with Gasteiger partial charge in [-0.05, 0) is 51.8 Å². The van der Waals surface area contributed by atoms with E-state index < -0.39 is 27.6 Å². The van der Waals surface area contributed by atoms with Crippen molar-refractivity contribution in [3.05, 3.63) is 65.7 Å². The molecule has 2 aromatic rings. The van der Waals surface area contributed by atoms with Crippen LogP contribution in [0.15, 0.2) is 59.5 Å². The number of aryl methyl sites for hydroxylation is 1. The summed E-state index contributed by atoms with van der Waals surface area (Å²) in [5.74, 6) is -0.511. The lowest BCUT2D eigenvalue weighted by Crippen LogP contribution is -2.52. The van der Waals surface area contributed by atoms with E-state index in [0.717, 1.165) is 11.1 Å². The molecule has 0 radical (unpaired) electrons. The third-order valence-electron chi connectivity index (χ3n) is 5.18. The van der Waals surface area contributed by atoms with E-state index in [0.29, 0.717) is 6.42 Å². The van der Waals surface area contributed by atoms with Gasteiger partial charge in [0, 0.05) is 3.92 Å². The number of carbonyl (C=O) groups is 1. The van der Waals surface area contributed by atoms with E-state index in [1.54, 1.807) is 45.0 Å². The molecule has 2 aromatic carbocycles. The first-order chi connectivity index (χ1) is 13.6. The van der Waals surface area contributed by atoms with Crippen molar-refractivity contribution in [1.82, 2.24) is 4.31 Å². The summed E-state index contributed by atoms with van der Waals surface area (Å²) >= 11 is 2.26. The molecule has 7 heteroatoms. The molecule has 0 amide bonds. The van der Waals surface area contributed by atoms with E-state index in [2.05, 4.69) is 22.6 Å². The fourth-order valence-corrected chi connectivity index (χ4v) is 7.55. The Morgan fingerprint density at radius 3 is 2.28 bits per heavy atom. The van der Waals surface area contributed by atoms with Gasteiger partial charge in [-0.15, -0.1) is 0 Å². The van der Waals surface area contributed by atoms with Crippen LogP contribution in [0.5, 0.6) is 0 Å². The second-order valence-corrected chi connectivity index (χ2v) is 11.3. The van der Waals surface area contributed by atoms with Gasteiger partial charge in [-0.2, -0.15) is 4.31 Å². The van der Waals surface area contributed by atoms with Crippen LogP contribution in [0, 0.1) is 6.92 Å². The van der Waals surface area contributed by atoms with Gasteiger partial charge in [-0.1, -0.05) is 70.6 Å². The first kappa shape index (κ1) is 22.2. The maximum atomic E-state index is 13.8. The van der Waals surface area contributed by atoms with Gasteiger partial charge < -0.3 is 4.74 Å². The smallest absolute Gasteiger partial charge is 0.327 e. The molecule has 29 heavy (non-hydrogen) atoms. The summed E-state index contributed by atoms with van der Waals surface area (Å²) in [6.07, 6.45) is 0.0516. The summed E-state index contributed by atoms with van der Waals surface area (Å²) in [7, 11) is -3.95. The Kier molecular flexibility index (Phi) is 6.41. The Hall–Kier alpha value is -1.45. The average molecular weight is 527 g/mol. The van der Waals surface area contributed by atoms with Crippen LogP contribution in [0.4, 0.5) is 0 Å². The van der Waals surface area contributed by atoms with Gasteiger partial charge in [0.2, 0.25) is 10.0 Å². The summed E-state index contributed by atoms with van der Waals surface area (Å²) in [6, 6.07) is 15.8. The molecule has 1 aliphatic rings. The van der Waals surface area contributed by atoms with Gasteiger partial charge in [0.05, 0.1) is 17.0 Å². The van der Waals surface area contributed by atoms with Crippen LogP contribution in [-0.4, -0.2) is 34.3 Å². The summed E-state index contributed by atoms with van der Waals surface area (Å²) in [5, 5.41) is 0.